The van der Waals surface area contributed by atoms with Gasteiger partial charge in [-0.2, -0.15) is 17.0 Å². The highest BCUT2D eigenvalue weighted by atomic mass is 32.2. The molecular weight excluding hydrogens is 330 g/mol. The fourth-order valence-corrected chi connectivity index (χ4v) is 4.58. The quantitative estimate of drug-likeness (QED) is 0.767. The van der Waals surface area contributed by atoms with Gasteiger partial charge in [0.25, 0.3) is 10.2 Å². The van der Waals surface area contributed by atoms with Gasteiger partial charge in [0.1, 0.15) is 0 Å². The van der Waals surface area contributed by atoms with Crippen LogP contribution in [0.25, 0.3) is 0 Å². The van der Waals surface area contributed by atoms with E-state index in [-0.39, 0.29) is 0 Å². The van der Waals surface area contributed by atoms with Crippen molar-refractivity contribution < 1.29 is 13.2 Å². The number of ether oxygens (including phenoxy) is 1. The topological polar surface area (TPSA) is 78.9 Å². The summed E-state index contributed by atoms with van der Waals surface area (Å²) in [6.07, 6.45) is 0.705. The Morgan fingerprint density at radius 2 is 1.92 bits per heavy atom. The minimum atomic E-state index is -3.43. The summed E-state index contributed by atoms with van der Waals surface area (Å²) in [6.45, 7) is 3.80. The molecule has 0 N–H and O–H groups in total. The maximum atomic E-state index is 12.5. The van der Waals surface area contributed by atoms with Crippen molar-refractivity contribution >= 4 is 16.2 Å². The highest BCUT2D eigenvalue weighted by Gasteiger charge is 2.48. The zero-order chi connectivity index (χ0) is 17.7. The number of aromatic nitrogens is 2. The summed E-state index contributed by atoms with van der Waals surface area (Å²) < 4.78 is 33.6. The van der Waals surface area contributed by atoms with E-state index in [1.807, 2.05) is 25.9 Å². The Labute approximate surface area is 143 Å². The van der Waals surface area contributed by atoms with Crippen molar-refractivity contribution in [3.8, 4) is 0 Å². The number of fused-ring (bicyclic) bond motifs is 2. The van der Waals surface area contributed by atoms with Crippen LogP contribution in [-0.4, -0.2) is 74.9 Å². The first-order chi connectivity index (χ1) is 11.2. The van der Waals surface area contributed by atoms with Crippen LogP contribution in [0, 0.1) is 6.92 Å². The molecule has 0 aromatic carbocycles. The molecule has 9 heteroatoms. The second kappa shape index (κ2) is 5.91. The molecule has 1 saturated heterocycles. The minimum Gasteiger partial charge on any atom is -0.376 e. The Morgan fingerprint density at radius 1 is 1.21 bits per heavy atom. The molecule has 0 aliphatic carbocycles. The van der Waals surface area contributed by atoms with Gasteiger partial charge >= 0.3 is 0 Å². The molecule has 0 amide bonds. The SMILES string of the molecule is Cc1nc(N(C)C)nc2c1COC[C@@]21CCN(S(=O)(=O)N(C)C)C1. The van der Waals surface area contributed by atoms with E-state index in [0.717, 1.165) is 17.0 Å². The lowest BCUT2D eigenvalue weighted by molar-refractivity contribution is 0.0525. The first kappa shape index (κ1) is 17.5. The number of nitrogens with zero attached hydrogens (tertiary/aromatic N) is 5. The van der Waals surface area contributed by atoms with Gasteiger partial charge in [-0.05, 0) is 13.3 Å². The molecule has 2 aliphatic heterocycles. The first-order valence-corrected chi connectivity index (χ1v) is 9.38. The van der Waals surface area contributed by atoms with Crippen LogP contribution in [0.15, 0.2) is 0 Å². The maximum Gasteiger partial charge on any atom is 0.281 e. The Hall–Kier alpha value is -1.29. The first-order valence-electron chi connectivity index (χ1n) is 7.98. The molecule has 1 aromatic rings. The second-order valence-corrected chi connectivity index (χ2v) is 9.12. The number of rotatable bonds is 3. The predicted octanol–water partition coefficient (Wildman–Crippen LogP) is 0.131. The number of anilines is 1. The summed E-state index contributed by atoms with van der Waals surface area (Å²) >= 11 is 0. The van der Waals surface area contributed by atoms with Crippen molar-refractivity contribution in [1.29, 1.82) is 0 Å². The fraction of sp³-hybridized carbons (Fsp3) is 0.733. The van der Waals surface area contributed by atoms with Gasteiger partial charge < -0.3 is 9.64 Å². The lowest BCUT2D eigenvalue weighted by atomic mass is 9.80. The zero-order valence-corrected chi connectivity index (χ0v) is 15.7. The third-order valence-electron chi connectivity index (χ3n) is 4.84. The molecule has 0 radical (unpaired) electrons. The lowest BCUT2D eigenvalue weighted by Crippen LogP contribution is -2.44. The normalized spacial score (nSPS) is 24.6. The molecule has 24 heavy (non-hydrogen) atoms. The number of hydrogen-bond acceptors (Lipinski definition) is 6. The van der Waals surface area contributed by atoms with Gasteiger partial charge in [0.15, 0.2) is 0 Å². The van der Waals surface area contributed by atoms with E-state index >= 15 is 0 Å². The van der Waals surface area contributed by atoms with Crippen molar-refractivity contribution in [3.63, 3.8) is 0 Å². The summed E-state index contributed by atoms with van der Waals surface area (Å²) in [6, 6.07) is 0. The molecule has 134 valence electrons. The van der Waals surface area contributed by atoms with E-state index in [9.17, 15) is 8.42 Å². The summed E-state index contributed by atoms with van der Waals surface area (Å²) in [7, 11) is 3.50. The monoisotopic (exact) mass is 355 g/mol. The lowest BCUT2D eigenvalue weighted by Gasteiger charge is -2.35. The van der Waals surface area contributed by atoms with Crippen molar-refractivity contribution in [1.82, 2.24) is 18.6 Å². The van der Waals surface area contributed by atoms with Crippen LogP contribution in [-0.2, 0) is 27.0 Å². The summed E-state index contributed by atoms with van der Waals surface area (Å²) in [5, 5.41) is 0. The zero-order valence-electron chi connectivity index (χ0n) is 14.9. The van der Waals surface area contributed by atoms with Crippen molar-refractivity contribution in [2.45, 2.75) is 25.4 Å². The van der Waals surface area contributed by atoms with E-state index < -0.39 is 15.6 Å². The molecule has 1 aromatic heterocycles. The van der Waals surface area contributed by atoms with Gasteiger partial charge in [0.05, 0.1) is 24.3 Å². The molecule has 1 spiro atoms. The predicted molar refractivity (Wildman–Crippen MR) is 91.2 cm³/mol. The van der Waals surface area contributed by atoms with Gasteiger partial charge in [-0.3, -0.25) is 0 Å². The van der Waals surface area contributed by atoms with E-state index in [4.69, 9.17) is 9.72 Å². The Bertz CT molecular complexity index is 750. The number of hydrogen-bond donors (Lipinski definition) is 0. The van der Waals surface area contributed by atoms with E-state index in [1.165, 1.54) is 8.61 Å². The van der Waals surface area contributed by atoms with Crippen molar-refractivity contribution in [2.24, 2.45) is 0 Å². The van der Waals surface area contributed by atoms with Crippen molar-refractivity contribution in [2.75, 3.05) is 52.8 Å². The molecule has 0 unspecified atom stereocenters. The van der Waals surface area contributed by atoms with Gasteiger partial charge in [-0.1, -0.05) is 0 Å². The molecule has 2 aliphatic rings. The van der Waals surface area contributed by atoms with Gasteiger partial charge in [0, 0.05) is 52.5 Å². The van der Waals surface area contributed by atoms with Crippen LogP contribution in [0.5, 0.6) is 0 Å². The van der Waals surface area contributed by atoms with Gasteiger partial charge in [-0.15, -0.1) is 0 Å². The summed E-state index contributed by atoms with van der Waals surface area (Å²) in [5.74, 6) is 0.654. The van der Waals surface area contributed by atoms with E-state index in [1.54, 1.807) is 14.1 Å². The summed E-state index contributed by atoms with van der Waals surface area (Å²) in [5.41, 5.74) is 2.45. The molecule has 3 heterocycles. The third-order valence-corrected chi connectivity index (χ3v) is 6.72. The smallest absolute Gasteiger partial charge is 0.281 e. The van der Waals surface area contributed by atoms with E-state index in [2.05, 4.69) is 4.98 Å². The van der Waals surface area contributed by atoms with Crippen molar-refractivity contribution in [3.05, 3.63) is 17.0 Å². The molecule has 1 atom stereocenters. The average molecular weight is 355 g/mol. The van der Waals surface area contributed by atoms with Crippen LogP contribution in [0.2, 0.25) is 0 Å². The van der Waals surface area contributed by atoms with E-state index in [0.29, 0.717) is 38.7 Å². The highest BCUT2D eigenvalue weighted by molar-refractivity contribution is 7.86. The van der Waals surface area contributed by atoms with Crippen LogP contribution in [0.4, 0.5) is 5.95 Å². The minimum absolute atomic E-state index is 0.393. The fourth-order valence-electron chi connectivity index (χ4n) is 3.38. The van der Waals surface area contributed by atoms with Crippen LogP contribution >= 0.6 is 0 Å². The second-order valence-electron chi connectivity index (χ2n) is 6.98. The van der Waals surface area contributed by atoms with Crippen LogP contribution < -0.4 is 4.90 Å². The Balaban J connectivity index is 2.04. The largest absolute Gasteiger partial charge is 0.376 e. The average Bonchev–Trinajstić information content (AvgIpc) is 2.93. The molecular formula is C15H25N5O3S. The molecule has 8 nitrogen and oxygen atoms in total. The number of aryl methyl sites for hydroxylation is 1. The highest BCUT2D eigenvalue weighted by Crippen LogP contribution is 2.41. The van der Waals surface area contributed by atoms with Gasteiger partial charge in [-0.25, -0.2) is 9.97 Å². The molecule has 3 rings (SSSR count). The molecule has 0 saturated carbocycles. The van der Waals surface area contributed by atoms with Gasteiger partial charge in [0.2, 0.25) is 5.95 Å². The van der Waals surface area contributed by atoms with Crippen LogP contribution in [0.1, 0.15) is 23.4 Å². The third kappa shape index (κ3) is 2.69. The molecule has 1 fully saturated rings. The van der Waals surface area contributed by atoms with Crippen LogP contribution in [0.3, 0.4) is 0 Å². The molecule has 0 bridgehead atoms. The Morgan fingerprint density at radius 3 is 2.54 bits per heavy atom. The maximum absolute atomic E-state index is 12.5. The standard InChI is InChI=1S/C15H25N5O3S/c1-11-12-8-23-10-15(13(12)17-14(16-11)18(2)3)6-7-20(9-15)24(21,22)19(4)5/h6-10H2,1-5H3/t15-/m0/s1. The Kier molecular flexibility index (Phi) is 4.31. The summed E-state index contributed by atoms with van der Waals surface area (Å²) in [4.78, 5) is 11.2.